The second kappa shape index (κ2) is 7.60. The van der Waals surface area contributed by atoms with Gasteiger partial charge in [0.2, 0.25) is 5.91 Å². The fraction of sp³-hybridized carbons (Fsp3) is 0.611. The molecule has 1 aromatic rings. The van der Waals surface area contributed by atoms with Crippen LogP contribution in [0.4, 0.5) is 0 Å². The van der Waals surface area contributed by atoms with Gasteiger partial charge in [-0.15, -0.1) is 0 Å². The molecule has 0 radical (unpaired) electrons. The maximum Gasteiger partial charge on any atom is 0.239 e. The van der Waals surface area contributed by atoms with Crippen LogP contribution in [0.15, 0.2) is 24.3 Å². The van der Waals surface area contributed by atoms with Crippen LogP contribution in [0, 0.1) is 6.92 Å². The highest BCUT2D eigenvalue weighted by Gasteiger charge is 2.23. The minimum Gasteiger partial charge on any atom is -0.341 e. The predicted octanol–water partition coefficient (Wildman–Crippen LogP) is 3.44. The van der Waals surface area contributed by atoms with Crippen LogP contribution in [0.25, 0.3) is 0 Å². The summed E-state index contributed by atoms with van der Waals surface area (Å²) in [5.41, 5.74) is 2.54. The first-order valence-electron chi connectivity index (χ1n) is 8.20. The molecule has 2 rings (SSSR count). The summed E-state index contributed by atoms with van der Waals surface area (Å²) in [6.45, 7) is 8.08. The van der Waals surface area contributed by atoms with Gasteiger partial charge in [0.25, 0.3) is 0 Å². The lowest BCUT2D eigenvalue weighted by Gasteiger charge is -2.27. The van der Waals surface area contributed by atoms with E-state index in [0.29, 0.717) is 0 Å². The summed E-state index contributed by atoms with van der Waals surface area (Å²) in [6, 6.07) is 8.43. The normalized spacial score (nSPS) is 18.9. The lowest BCUT2D eigenvalue weighted by atomic mass is 10.0. The van der Waals surface area contributed by atoms with E-state index in [9.17, 15) is 4.79 Å². The number of hydrogen-bond donors (Lipinski definition) is 1. The summed E-state index contributed by atoms with van der Waals surface area (Å²) in [6.07, 6.45) is 4.80. The van der Waals surface area contributed by atoms with E-state index in [0.717, 1.165) is 25.9 Å². The van der Waals surface area contributed by atoms with Crippen LogP contribution < -0.4 is 5.32 Å². The van der Waals surface area contributed by atoms with Gasteiger partial charge in [-0.05, 0) is 44.7 Å². The number of nitrogens with zero attached hydrogens (tertiary/aromatic N) is 1. The van der Waals surface area contributed by atoms with Crippen molar-refractivity contribution >= 4 is 5.91 Å². The summed E-state index contributed by atoms with van der Waals surface area (Å²) in [7, 11) is 0. The van der Waals surface area contributed by atoms with Gasteiger partial charge in [0, 0.05) is 19.1 Å². The lowest BCUT2D eigenvalue weighted by Crippen LogP contribution is -2.46. The van der Waals surface area contributed by atoms with Gasteiger partial charge in [0.1, 0.15) is 0 Å². The molecule has 1 heterocycles. The van der Waals surface area contributed by atoms with E-state index in [1.807, 2.05) is 11.8 Å². The van der Waals surface area contributed by atoms with Crippen molar-refractivity contribution in [3.8, 4) is 0 Å². The molecule has 0 spiro atoms. The van der Waals surface area contributed by atoms with Crippen molar-refractivity contribution in [3.05, 3.63) is 35.4 Å². The van der Waals surface area contributed by atoms with Crippen LogP contribution in [0.2, 0.25) is 0 Å². The van der Waals surface area contributed by atoms with E-state index in [1.54, 1.807) is 0 Å². The molecular weight excluding hydrogens is 260 g/mol. The maximum atomic E-state index is 12.6. The van der Waals surface area contributed by atoms with E-state index in [2.05, 4.69) is 43.4 Å². The number of aryl methyl sites for hydroxylation is 1. The Kier molecular flexibility index (Phi) is 5.80. The monoisotopic (exact) mass is 288 g/mol. The minimum absolute atomic E-state index is 0.127. The molecule has 0 aromatic heterocycles. The number of carbonyl (C=O) groups excluding carboxylic acids is 1. The average molecular weight is 288 g/mol. The number of nitrogens with one attached hydrogen (secondary N) is 1. The summed E-state index contributed by atoms with van der Waals surface area (Å²) in [5, 5.41) is 3.46. The van der Waals surface area contributed by atoms with Crippen molar-refractivity contribution in [2.24, 2.45) is 0 Å². The number of amides is 1. The van der Waals surface area contributed by atoms with Gasteiger partial charge in [-0.25, -0.2) is 0 Å². The third-order valence-corrected chi connectivity index (χ3v) is 4.44. The van der Waals surface area contributed by atoms with Gasteiger partial charge in [0.15, 0.2) is 0 Å². The molecule has 1 amide bonds. The topological polar surface area (TPSA) is 32.3 Å². The summed E-state index contributed by atoms with van der Waals surface area (Å²) in [5.74, 6) is 0.248. The van der Waals surface area contributed by atoms with Gasteiger partial charge < -0.3 is 4.90 Å². The number of hydrogen-bond acceptors (Lipinski definition) is 2. The molecule has 1 saturated heterocycles. The molecule has 0 bridgehead atoms. The number of likely N-dealkylation sites (tertiary alicyclic amines) is 1. The molecule has 1 aliphatic heterocycles. The fourth-order valence-corrected chi connectivity index (χ4v) is 3.17. The Morgan fingerprint density at radius 2 is 1.71 bits per heavy atom. The van der Waals surface area contributed by atoms with Crippen LogP contribution in [0.3, 0.4) is 0 Å². The van der Waals surface area contributed by atoms with Crippen molar-refractivity contribution in [1.29, 1.82) is 0 Å². The highest BCUT2D eigenvalue weighted by atomic mass is 16.2. The number of rotatable bonds is 4. The van der Waals surface area contributed by atoms with Crippen LogP contribution in [-0.2, 0) is 4.79 Å². The van der Waals surface area contributed by atoms with Crippen LogP contribution in [0.1, 0.15) is 56.7 Å². The molecule has 1 unspecified atom stereocenters. The lowest BCUT2D eigenvalue weighted by molar-refractivity contribution is -0.133. The molecule has 1 aliphatic rings. The Morgan fingerprint density at radius 3 is 2.33 bits per heavy atom. The molecule has 3 nitrogen and oxygen atoms in total. The fourth-order valence-electron chi connectivity index (χ4n) is 3.17. The third kappa shape index (κ3) is 4.31. The van der Waals surface area contributed by atoms with Crippen molar-refractivity contribution in [2.75, 3.05) is 13.1 Å². The first kappa shape index (κ1) is 16.0. The summed E-state index contributed by atoms with van der Waals surface area (Å²) in [4.78, 5) is 14.6. The zero-order chi connectivity index (χ0) is 15.2. The van der Waals surface area contributed by atoms with E-state index in [4.69, 9.17) is 0 Å². The summed E-state index contributed by atoms with van der Waals surface area (Å²) >= 11 is 0. The van der Waals surface area contributed by atoms with E-state index in [-0.39, 0.29) is 18.0 Å². The van der Waals surface area contributed by atoms with Crippen LogP contribution >= 0.6 is 0 Å². The zero-order valence-electron chi connectivity index (χ0n) is 13.6. The largest absolute Gasteiger partial charge is 0.341 e. The molecular formula is C18H28N2O. The highest BCUT2D eigenvalue weighted by Crippen LogP contribution is 2.18. The average Bonchev–Trinajstić information content (AvgIpc) is 2.75. The standard InChI is InChI=1S/C18H28N2O/c1-14-10-6-7-11-17(14)15(2)19-16(3)18(21)20-12-8-4-5-9-13-20/h6-7,10-11,15-16,19H,4-5,8-9,12-13H2,1-3H3/t15-,16?/m0/s1. The molecule has 1 N–H and O–H groups in total. The van der Waals surface area contributed by atoms with Crippen molar-refractivity contribution in [1.82, 2.24) is 10.2 Å². The highest BCUT2D eigenvalue weighted by molar-refractivity contribution is 5.81. The summed E-state index contributed by atoms with van der Waals surface area (Å²) < 4.78 is 0. The second-order valence-corrected chi connectivity index (χ2v) is 6.21. The predicted molar refractivity (Wildman–Crippen MR) is 87.2 cm³/mol. The van der Waals surface area contributed by atoms with E-state index >= 15 is 0 Å². The number of benzene rings is 1. The molecule has 3 heteroatoms. The first-order chi connectivity index (χ1) is 10.1. The van der Waals surface area contributed by atoms with E-state index in [1.165, 1.54) is 24.0 Å². The van der Waals surface area contributed by atoms with Gasteiger partial charge in [0.05, 0.1) is 6.04 Å². The molecule has 2 atom stereocenters. The SMILES string of the molecule is Cc1ccccc1[C@H](C)NC(C)C(=O)N1CCCCCC1. The van der Waals surface area contributed by atoms with Crippen LogP contribution in [0.5, 0.6) is 0 Å². The molecule has 21 heavy (non-hydrogen) atoms. The van der Waals surface area contributed by atoms with Gasteiger partial charge in [-0.2, -0.15) is 0 Å². The maximum absolute atomic E-state index is 12.6. The molecule has 116 valence electrons. The van der Waals surface area contributed by atoms with E-state index < -0.39 is 0 Å². The van der Waals surface area contributed by atoms with Gasteiger partial charge in [-0.3, -0.25) is 10.1 Å². The smallest absolute Gasteiger partial charge is 0.239 e. The van der Waals surface area contributed by atoms with Crippen molar-refractivity contribution in [3.63, 3.8) is 0 Å². The second-order valence-electron chi connectivity index (χ2n) is 6.21. The molecule has 0 aliphatic carbocycles. The first-order valence-corrected chi connectivity index (χ1v) is 8.20. The zero-order valence-corrected chi connectivity index (χ0v) is 13.6. The Balaban J connectivity index is 1.95. The number of carbonyl (C=O) groups is 1. The van der Waals surface area contributed by atoms with Gasteiger partial charge >= 0.3 is 0 Å². The quantitative estimate of drug-likeness (QED) is 0.920. The molecule has 0 saturated carbocycles. The van der Waals surface area contributed by atoms with Crippen molar-refractivity contribution < 1.29 is 4.79 Å². The van der Waals surface area contributed by atoms with Crippen molar-refractivity contribution in [2.45, 2.75) is 58.5 Å². The Bertz CT molecular complexity index is 464. The van der Waals surface area contributed by atoms with Crippen LogP contribution in [-0.4, -0.2) is 29.9 Å². The Morgan fingerprint density at radius 1 is 1.10 bits per heavy atom. The third-order valence-electron chi connectivity index (χ3n) is 4.44. The molecule has 1 aromatic carbocycles. The minimum atomic E-state index is -0.127. The Labute approximate surface area is 128 Å². The van der Waals surface area contributed by atoms with Gasteiger partial charge in [-0.1, -0.05) is 37.1 Å². The Hall–Kier alpha value is -1.35. The molecule has 1 fully saturated rings.